The molecule has 2 aromatic rings. The lowest BCUT2D eigenvalue weighted by molar-refractivity contribution is 1.46. The van der Waals surface area contributed by atoms with Gasteiger partial charge in [-0.3, -0.25) is 0 Å². The maximum absolute atomic E-state index is 6.09. The molecule has 2 nitrogen and oxygen atoms in total. The van der Waals surface area contributed by atoms with Gasteiger partial charge in [0.15, 0.2) is 5.11 Å². The third-order valence-corrected chi connectivity index (χ3v) is 3.98. The molecule has 0 amide bonds. The summed E-state index contributed by atoms with van der Waals surface area (Å²) in [5.74, 6) is 0. The van der Waals surface area contributed by atoms with Crippen molar-refractivity contribution in [1.29, 1.82) is 0 Å². The van der Waals surface area contributed by atoms with Crippen molar-refractivity contribution < 1.29 is 0 Å². The van der Waals surface area contributed by atoms with Gasteiger partial charge in [0.1, 0.15) is 0 Å². The molecule has 0 aliphatic heterocycles. The summed E-state index contributed by atoms with van der Waals surface area (Å²) in [4.78, 5) is 1.17. The standard InChI is InChI=1S/C14H12Cl2N2S2/c1-20-11-4-2-3-10(8-11)17-14(19)18-13-6-5-9(15)7-12(13)16/h2-8H,1H3,(H2,17,18,19). The van der Waals surface area contributed by atoms with Crippen molar-refractivity contribution in [2.75, 3.05) is 16.9 Å². The molecule has 104 valence electrons. The van der Waals surface area contributed by atoms with Crippen LogP contribution in [0.25, 0.3) is 0 Å². The zero-order valence-electron chi connectivity index (χ0n) is 10.6. The third-order valence-electron chi connectivity index (χ3n) is 2.51. The SMILES string of the molecule is CSc1cccc(NC(=S)Nc2ccc(Cl)cc2Cl)c1. The lowest BCUT2D eigenvalue weighted by Gasteiger charge is -2.12. The van der Waals surface area contributed by atoms with E-state index in [0.29, 0.717) is 15.2 Å². The van der Waals surface area contributed by atoms with Crippen LogP contribution >= 0.6 is 47.2 Å². The molecule has 0 fully saturated rings. The van der Waals surface area contributed by atoms with E-state index in [0.717, 1.165) is 11.4 Å². The van der Waals surface area contributed by atoms with Gasteiger partial charge in [0.25, 0.3) is 0 Å². The van der Waals surface area contributed by atoms with Gasteiger partial charge >= 0.3 is 0 Å². The lowest BCUT2D eigenvalue weighted by Crippen LogP contribution is -2.19. The van der Waals surface area contributed by atoms with E-state index in [1.54, 1.807) is 30.0 Å². The van der Waals surface area contributed by atoms with Crippen molar-refractivity contribution in [1.82, 2.24) is 0 Å². The van der Waals surface area contributed by atoms with Crippen LogP contribution in [0.15, 0.2) is 47.4 Å². The molecular formula is C14H12Cl2N2S2. The van der Waals surface area contributed by atoms with Crippen molar-refractivity contribution >= 4 is 63.7 Å². The Balaban J connectivity index is 2.05. The first kappa shape index (κ1) is 15.4. The molecule has 20 heavy (non-hydrogen) atoms. The first-order chi connectivity index (χ1) is 9.58. The predicted octanol–water partition coefficient (Wildman–Crippen LogP) is 5.52. The second-order valence-electron chi connectivity index (χ2n) is 3.94. The molecule has 0 atom stereocenters. The Morgan fingerprint density at radius 3 is 2.60 bits per heavy atom. The second-order valence-corrected chi connectivity index (χ2v) is 6.07. The summed E-state index contributed by atoms with van der Waals surface area (Å²) in [6, 6.07) is 13.2. The fraction of sp³-hybridized carbons (Fsp3) is 0.0714. The van der Waals surface area contributed by atoms with Crippen molar-refractivity contribution in [3.05, 3.63) is 52.5 Å². The molecular weight excluding hydrogens is 331 g/mol. The highest BCUT2D eigenvalue weighted by Crippen LogP contribution is 2.25. The van der Waals surface area contributed by atoms with Gasteiger partial charge in [-0.25, -0.2) is 0 Å². The van der Waals surface area contributed by atoms with Gasteiger partial charge < -0.3 is 10.6 Å². The average Bonchev–Trinajstić information content (AvgIpc) is 2.42. The fourth-order valence-electron chi connectivity index (χ4n) is 1.58. The van der Waals surface area contributed by atoms with Crippen molar-refractivity contribution in [3.63, 3.8) is 0 Å². The van der Waals surface area contributed by atoms with Crippen LogP contribution in [0.1, 0.15) is 0 Å². The zero-order chi connectivity index (χ0) is 14.5. The molecule has 2 rings (SSSR count). The molecule has 0 unspecified atom stereocenters. The van der Waals surface area contributed by atoms with Crippen LogP contribution < -0.4 is 10.6 Å². The summed E-state index contributed by atoms with van der Waals surface area (Å²) in [5, 5.41) is 7.77. The summed E-state index contributed by atoms with van der Waals surface area (Å²) in [5.41, 5.74) is 1.65. The summed E-state index contributed by atoms with van der Waals surface area (Å²) in [7, 11) is 0. The topological polar surface area (TPSA) is 24.1 Å². The Bertz CT molecular complexity index is 632. The number of rotatable bonds is 3. The van der Waals surface area contributed by atoms with E-state index in [4.69, 9.17) is 35.4 Å². The lowest BCUT2D eigenvalue weighted by atomic mass is 10.3. The van der Waals surface area contributed by atoms with Crippen LogP contribution in [0.5, 0.6) is 0 Å². The van der Waals surface area contributed by atoms with Crippen molar-refractivity contribution in [2.45, 2.75) is 4.90 Å². The van der Waals surface area contributed by atoms with E-state index in [1.165, 1.54) is 4.90 Å². The van der Waals surface area contributed by atoms with Gasteiger partial charge in [-0.05, 0) is 54.9 Å². The molecule has 6 heteroatoms. The Morgan fingerprint density at radius 2 is 1.90 bits per heavy atom. The van der Waals surface area contributed by atoms with Gasteiger partial charge in [0.2, 0.25) is 0 Å². The van der Waals surface area contributed by atoms with Crippen LogP contribution in [0.2, 0.25) is 10.0 Å². The van der Waals surface area contributed by atoms with Crippen molar-refractivity contribution in [2.24, 2.45) is 0 Å². The molecule has 0 spiro atoms. The Morgan fingerprint density at radius 1 is 1.10 bits per heavy atom. The van der Waals surface area contributed by atoms with Gasteiger partial charge in [0, 0.05) is 15.6 Å². The summed E-state index contributed by atoms with van der Waals surface area (Å²) >= 11 is 18.9. The highest BCUT2D eigenvalue weighted by molar-refractivity contribution is 7.98. The Kier molecular flexibility index (Phi) is 5.54. The normalized spacial score (nSPS) is 10.2. The van der Waals surface area contributed by atoms with E-state index in [1.807, 2.05) is 30.5 Å². The first-order valence-corrected chi connectivity index (χ1v) is 8.14. The minimum absolute atomic E-state index is 0.479. The van der Waals surface area contributed by atoms with Gasteiger partial charge in [-0.1, -0.05) is 29.3 Å². The number of halogens is 2. The molecule has 0 bridgehead atoms. The summed E-state index contributed by atoms with van der Waals surface area (Å²) < 4.78 is 0. The van der Waals surface area contributed by atoms with E-state index in [-0.39, 0.29) is 0 Å². The zero-order valence-corrected chi connectivity index (χ0v) is 13.8. The van der Waals surface area contributed by atoms with Crippen LogP contribution in [-0.2, 0) is 0 Å². The monoisotopic (exact) mass is 342 g/mol. The molecule has 0 radical (unpaired) electrons. The van der Waals surface area contributed by atoms with Gasteiger partial charge in [-0.15, -0.1) is 11.8 Å². The van der Waals surface area contributed by atoms with E-state index in [9.17, 15) is 0 Å². The van der Waals surface area contributed by atoms with Crippen LogP contribution in [0.3, 0.4) is 0 Å². The Labute approximate surface area is 137 Å². The van der Waals surface area contributed by atoms with Crippen LogP contribution in [0, 0.1) is 0 Å². The van der Waals surface area contributed by atoms with Crippen LogP contribution in [0.4, 0.5) is 11.4 Å². The number of anilines is 2. The minimum atomic E-state index is 0.479. The first-order valence-electron chi connectivity index (χ1n) is 5.75. The van der Waals surface area contributed by atoms with E-state index in [2.05, 4.69) is 10.6 Å². The maximum atomic E-state index is 6.09. The second kappa shape index (κ2) is 7.18. The molecule has 0 aromatic heterocycles. The third kappa shape index (κ3) is 4.28. The number of benzene rings is 2. The minimum Gasteiger partial charge on any atom is -0.332 e. The van der Waals surface area contributed by atoms with Crippen molar-refractivity contribution in [3.8, 4) is 0 Å². The number of thioether (sulfide) groups is 1. The molecule has 0 aliphatic rings. The molecule has 0 heterocycles. The fourth-order valence-corrected chi connectivity index (χ4v) is 2.72. The Hall–Kier alpha value is -0.940. The molecule has 0 saturated carbocycles. The van der Waals surface area contributed by atoms with Gasteiger partial charge in [-0.2, -0.15) is 0 Å². The van der Waals surface area contributed by atoms with E-state index >= 15 is 0 Å². The van der Waals surface area contributed by atoms with Crippen LogP contribution in [-0.4, -0.2) is 11.4 Å². The smallest absolute Gasteiger partial charge is 0.175 e. The number of nitrogens with one attached hydrogen (secondary N) is 2. The van der Waals surface area contributed by atoms with Gasteiger partial charge in [0.05, 0.1) is 10.7 Å². The summed E-state index contributed by atoms with van der Waals surface area (Å²) in [6.45, 7) is 0. The predicted molar refractivity (Wildman–Crippen MR) is 94.5 cm³/mol. The number of thiocarbonyl (C=S) groups is 1. The quantitative estimate of drug-likeness (QED) is 0.566. The van der Waals surface area contributed by atoms with E-state index < -0.39 is 0 Å². The molecule has 2 aromatic carbocycles. The molecule has 0 aliphatic carbocycles. The highest BCUT2D eigenvalue weighted by Gasteiger charge is 2.04. The highest BCUT2D eigenvalue weighted by atomic mass is 35.5. The largest absolute Gasteiger partial charge is 0.332 e. The average molecular weight is 343 g/mol. The molecule has 0 saturated heterocycles. The number of hydrogen-bond donors (Lipinski definition) is 2. The summed E-state index contributed by atoms with van der Waals surface area (Å²) in [6.07, 6.45) is 2.03. The number of hydrogen-bond acceptors (Lipinski definition) is 2. The maximum Gasteiger partial charge on any atom is 0.175 e. The molecule has 2 N–H and O–H groups in total.